The first-order chi connectivity index (χ1) is 23.4. The van der Waals surface area contributed by atoms with E-state index in [1.807, 2.05) is 47.4 Å². The van der Waals surface area contributed by atoms with Crippen LogP contribution in [0, 0.1) is 30.9 Å². The molecule has 2 atom stereocenters. The van der Waals surface area contributed by atoms with Crippen molar-refractivity contribution >= 4 is 21.8 Å². The summed E-state index contributed by atoms with van der Waals surface area (Å²) in [6.07, 6.45) is 10.4. The number of fused-ring (bicyclic) bond motifs is 3. The van der Waals surface area contributed by atoms with E-state index in [-0.39, 0.29) is 21.1 Å². The predicted octanol–water partition coefficient (Wildman–Crippen LogP) is 10.9. The third kappa shape index (κ3) is 7.14. The molecular weight excluding hydrogens is 784 g/mol. The molecule has 5 nitrogen and oxygen atoms in total. The predicted molar refractivity (Wildman–Crippen MR) is 196 cm³/mol. The molecule has 7 rings (SSSR count). The summed E-state index contributed by atoms with van der Waals surface area (Å²) in [7, 11) is 0. The van der Waals surface area contributed by atoms with E-state index in [4.69, 9.17) is 14.8 Å². The van der Waals surface area contributed by atoms with Crippen molar-refractivity contribution in [1.29, 1.82) is 0 Å². The second kappa shape index (κ2) is 15.0. The molecule has 3 heterocycles. The Labute approximate surface area is 304 Å². The molecule has 0 N–H and O–H groups in total. The van der Waals surface area contributed by atoms with E-state index in [9.17, 15) is 0 Å². The molecule has 4 aromatic carbocycles. The number of para-hydroxylation sites is 1. The Kier molecular flexibility index (Phi) is 10.5. The molecule has 3 aromatic heterocycles. The van der Waals surface area contributed by atoms with Gasteiger partial charge >= 0.3 is 21.1 Å². The fraction of sp³-hybridized carbons (Fsp3) is 0.256. The van der Waals surface area contributed by atoms with Crippen molar-refractivity contribution in [3.8, 4) is 34.1 Å². The molecule has 0 spiro atoms. The number of ether oxygens (including phenoxy) is 1. The SMILES string of the molecule is CCC(C)Cc1cccc(CC(C)CC)c1-c1cnn(-c2[c-]c(Oc3[c-]c4c(cc3)c3ccccc3n4-c3cc(C)ccn3)ccc2)c1.[Pt+2]. The molecule has 7 aromatic rings. The van der Waals surface area contributed by atoms with Crippen molar-refractivity contribution in [1.82, 2.24) is 19.3 Å². The van der Waals surface area contributed by atoms with Crippen LogP contribution in [-0.4, -0.2) is 19.3 Å². The summed E-state index contributed by atoms with van der Waals surface area (Å²) < 4.78 is 10.5. The Morgan fingerprint density at radius 3 is 2.22 bits per heavy atom. The van der Waals surface area contributed by atoms with Crippen molar-refractivity contribution in [3.05, 3.63) is 132 Å². The standard InChI is InChI=1S/C43H42N4O.Pt/c1-6-29(3)22-32-12-10-13-33(23-30(4)7-2)43(32)34-27-45-46(28-34)35-14-11-15-36(25-35)48-37-18-19-39-38-16-8-9-17-40(38)47(41(39)26-37)42-24-31(5)20-21-44-42;/h8-21,24,27-30H,6-7,22-23H2,1-5H3;/q-2;+2. The van der Waals surface area contributed by atoms with Gasteiger partial charge in [0, 0.05) is 35.0 Å². The number of nitrogens with zero attached hydrogens (tertiary/aromatic N) is 4. The van der Waals surface area contributed by atoms with Gasteiger partial charge in [0.2, 0.25) is 0 Å². The van der Waals surface area contributed by atoms with Gasteiger partial charge in [0.05, 0.1) is 6.20 Å². The molecule has 49 heavy (non-hydrogen) atoms. The first-order valence-corrected chi connectivity index (χ1v) is 17.2. The third-order valence-corrected chi connectivity index (χ3v) is 9.55. The molecule has 250 valence electrons. The van der Waals surface area contributed by atoms with Crippen LogP contribution < -0.4 is 4.74 Å². The number of benzene rings is 4. The fourth-order valence-electron chi connectivity index (χ4n) is 6.55. The van der Waals surface area contributed by atoms with Crippen LogP contribution in [0.3, 0.4) is 0 Å². The zero-order valence-corrected chi connectivity index (χ0v) is 31.1. The largest absolute Gasteiger partial charge is 2.00 e. The molecule has 2 unspecified atom stereocenters. The first kappa shape index (κ1) is 34.4. The second-order valence-electron chi connectivity index (χ2n) is 13.2. The first-order valence-electron chi connectivity index (χ1n) is 17.2. The Bertz CT molecular complexity index is 2180. The minimum absolute atomic E-state index is 0. The van der Waals surface area contributed by atoms with E-state index in [1.165, 1.54) is 16.7 Å². The monoisotopic (exact) mass is 825 g/mol. The molecule has 0 aliphatic rings. The molecule has 6 heteroatoms. The van der Waals surface area contributed by atoms with Crippen molar-refractivity contribution < 1.29 is 25.8 Å². The maximum atomic E-state index is 6.42. The zero-order valence-electron chi connectivity index (χ0n) is 28.8. The fourth-order valence-corrected chi connectivity index (χ4v) is 6.55. The summed E-state index contributed by atoms with van der Waals surface area (Å²) in [5, 5.41) is 7.07. The topological polar surface area (TPSA) is 44.9 Å². The number of hydrogen-bond donors (Lipinski definition) is 0. The van der Waals surface area contributed by atoms with Gasteiger partial charge in [-0.05, 0) is 83.1 Å². The van der Waals surface area contributed by atoms with Crippen LogP contribution in [0.1, 0.15) is 57.2 Å². The normalized spacial score (nSPS) is 12.6. The maximum absolute atomic E-state index is 6.42. The van der Waals surface area contributed by atoms with Gasteiger partial charge in [-0.25, -0.2) is 4.98 Å². The number of aryl methyl sites for hydroxylation is 1. The molecule has 0 radical (unpaired) electrons. The van der Waals surface area contributed by atoms with E-state index >= 15 is 0 Å². The van der Waals surface area contributed by atoms with Gasteiger partial charge in [0.25, 0.3) is 0 Å². The molecule has 0 aliphatic carbocycles. The van der Waals surface area contributed by atoms with Gasteiger partial charge in [-0.15, -0.1) is 35.7 Å². The molecule has 0 bridgehead atoms. The summed E-state index contributed by atoms with van der Waals surface area (Å²) in [4.78, 5) is 4.70. The summed E-state index contributed by atoms with van der Waals surface area (Å²) in [6.45, 7) is 11.3. The Morgan fingerprint density at radius 1 is 0.776 bits per heavy atom. The maximum Gasteiger partial charge on any atom is 2.00 e. The van der Waals surface area contributed by atoms with E-state index in [0.29, 0.717) is 23.3 Å². The molecule has 0 saturated heterocycles. The van der Waals surface area contributed by atoms with Crippen molar-refractivity contribution in [3.63, 3.8) is 0 Å². The van der Waals surface area contributed by atoms with Crippen LogP contribution in [0.2, 0.25) is 0 Å². The van der Waals surface area contributed by atoms with Crippen LogP contribution in [0.15, 0.2) is 104 Å². The van der Waals surface area contributed by atoms with Crippen LogP contribution in [0.4, 0.5) is 0 Å². The van der Waals surface area contributed by atoms with Crippen LogP contribution in [-0.2, 0) is 33.9 Å². The van der Waals surface area contributed by atoms with Gasteiger partial charge in [-0.3, -0.25) is 4.68 Å². The van der Waals surface area contributed by atoms with E-state index in [1.54, 1.807) is 0 Å². The zero-order chi connectivity index (χ0) is 33.2. The van der Waals surface area contributed by atoms with Crippen LogP contribution in [0.25, 0.3) is 44.4 Å². The summed E-state index contributed by atoms with van der Waals surface area (Å²) in [5.41, 5.74) is 9.24. The number of hydrogen-bond acceptors (Lipinski definition) is 3. The van der Waals surface area contributed by atoms with E-state index in [0.717, 1.165) is 70.1 Å². The molecule has 0 fully saturated rings. The second-order valence-corrected chi connectivity index (χ2v) is 13.2. The number of aromatic nitrogens is 4. The van der Waals surface area contributed by atoms with Gasteiger partial charge in [0.15, 0.2) is 0 Å². The number of rotatable bonds is 11. The van der Waals surface area contributed by atoms with Crippen molar-refractivity contribution in [2.45, 2.75) is 60.3 Å². The molecule has 0 saturated carbocycles. The van der Waals surface area contributed by atoms with Crippen molar-refractivity contribution in [2.24, 2.45) is 11.8 Å². The minimum atomic E-state index is 0. The van der Waals surface area contributed by atoms with Gasteiger partial charge in [-0.1, -0.05) is 82.5 Å². The third-order valence-electron chi connectivity index (χ3n) is 9.55. The van der Waals surface area contributed by atoms with Gasteiger partial charge in [-0.2, -0.15) is 17.2 Å². The number of pyridine rings is 1. The average Bonchev–Trinajstić information content (AvgIpc) is 3.71. The average molecular weight is 826 g/mol. The van der Waals surface area contributed by atoms with Gasteiger partial charge < -0.3 is 9.30 Å². The summed E-state index contributed by atoms with van der Waals surface area (Å²) in [5.74, 6) is 3.31. The quantitative estimate of drug-likeness (QED) is 0.122. The minimum Gasteiger partial charge on any atom is -0.509 e. The van der Waals surface area contributed by atoms with E-state index < -0.39 is 0 Å². The molecule has 0 amide bonds. The van der Waals surface area contributed by atoms with E-state index in [2.05, 4.69) is 112 Å². The van der Waals surface area contributed by atoms with Crippen molar-refractivity contribution in [2.75, 3.05) is 0 Å². The molecule has 0 aliphatic heterocycles. The smallest absolute Gasteiger partial charge is 0.509 e. The summed E-state index contributed by atoms with van der Waals surface area (Å²) >= 11 is 0. The summed E-state index contributed by atoms with van der Waals surface area (Å²) in [6, 6.07) is 36.3. The van der Waals surface area contributed by atoms with Crippen LogP contribution >= 0.6 is 0 Å². The van der Waals surface area contributed by atoms with Crippen LogP contribution in [0.5, 0.6) is 11.5 Å². The Balaban J connectivity index is 0.00000417. The van der Waals surface area contributed by atoms with Gasteiger partial charge in [0.1, 0.15) is 5.82 Å². The Morgan fingerprint density at radius 2 is 1.49 bits per heavy atom. The molecular formula is C43H42N4OPt. The Hall–Kier alpha value is -4.47.